The van der Waals surface area contributed by atoms with Crippen LogP contribution >= 0.6 is 0 Å². The van der Waals surface area contributed by atoms with E-state index in [-0.39, 0.29) is 36.9 Å². The van der Waals surface area contributed by atoms with Gasteiger partial charge in [-0.25, -0.2) is 0 Å². The van der Waals surface area contributed by atoms with Crippen molar-refractivity contribution < 1.29 is 27.5 Å². The summed E-state index contributed by atoms with van der Waals surface area (Å²) in [6, 6.07) is 5.57. The molecule has 0 saturated heterocycles. The highest BCUT2D eigenvalue weighted by molar-refractivity contribution is 5.80. The molecule has 1 N–H and O–H groups in total. The first kappa shape index (κ1) is 19.8. The Morgan fingerprint density at radius 3 is 2.33 bits per heavy atom. The lowest BCUT2D eigenvalue weighted by Gasteiger charge is -2.19. The summed E-state index contributed by atoms with van der Waals surface area (Å²) >= 11 is 0. The molecule has 0 unspecified atom stereocenters. The van der Waals surface area contributed by atoms with Gasteiger partial charge < -0.3 is 15.0 Å². The number of halogens is 3. The van der Waals surface area contributed by atoms with Crippen molar-refractivity contribution >= 4 is 11.8 Å². The smallest absolute Gasteiger partial charge is 0.405 e. The van der Waals surface area contributed by atoms with Crippen LogP contribution in [-0.2, 0) is 16.1 Å². The molecule has 1 rings (SSSR count). The average molecular weight is 347 g/mol. The Bertz CT molecular complexity index is 577. The highest BCUT2D eigenvalue weighted by Crippen LogP contribution is 2.25. The van der Waals surface area contributed by atoms with Gasteiger partial charge in [-0.15, -0.1) is 13.2 Å². The zero-order valence-electron chi connectivity index (χ0n) is 13.7. The first-order valence-electron chi connectivity index (χ1n) is 7.07. The molecule has 0 aliphatic heterocycles. The summed E-state index contributed by atoms with van der Waals surface area (Å²) in [6.07, 6.45) is -4.80. The first-order chi connectivity index (χ1) is 11.1. The molecule has 6 nitrogen and oxygen atoms in total. The fourth-order valence-electron chi connectivity index (χ4n) is 1.80. The van der Waals surface area contributed by atoms with Crippen molar-refractivity contribution in [2.45, 2.75) is 12.9 Å². The average Bonchev–Trinajstić information content (AvgIpc) is 2.44. The van der Waals surface area contributed by atoms with E-state index in [0.717, 1.165) is 0 Å². The number of para-hydroxylation sites is 1. The maximum absolute atomic E-state index is 12.3. The molecule has 0 atom stereocenters. The number of rotatable bonds is 7. The Morgan fingerprint density at radius 1 is 1.12 bits per heavy atom. The highest BCUT2D eigenvalue weighted by Gasteiger charge is 2.31. The summed E-state index contributed by atoms with van der Waals surface area (Å²) < 4.78 is 40.9. The van der Waals surface area contributed by atoms with Gasteiger partial charge in [0.1, 0.15) is 5.75 Å². The molecule has 134 valence electrons. The third-order valence-electron chi connectivity index (χ3n) is 2.99. The lowest BCUT2D eigenvalue weighted by atomic mass is 10.2. The summed E-state index contributed by atoms with van der Waals surface area (Å²) in [4.78, 5) is 26.3. The van der Waals surface area contributed by atoms with Crippen LogP contribution in [0.4, 0.5) is 13.2 Å². The number of carbonyl (C=O) groups excluding carboxylic acids is 2. The number of alkyl halides is 3. The van der Waals surface area contributed by atoms with Crippen LogP contribution in [0.3, 0.4) is 0 Å². The predicted octanol–water partition coefficient (Wildman–Crippen LogP) is 1.22. The van der Waals surface area contributed by atoms with E-state index in [9.17, 15) is 22.8 Å². The maximum Gasteiger partial charge on any atom is 0.573 e. The highest BCUT2D eigenvalue weighted by atomic mass is 19.4. The second-order valence-corrected chi connectivity index (χ2v) is 5.39. The van der Waals surface area contributed by atoms with E-state index in [0.29, 0.717) is 0 Å². The number of amides is 2. The van der Waals surface area contributed by atoms with E-state index in [1.54, 1.807) is 27.2 Å². The zero-order valence-corrected chi connectivity index (χ0v) is 13.7. The number of benzene rings is 1. The van der Waals surface area contributed by atoms with Crippen LogP contribution in [0.15, 0.2) is 24.3 Å². The van der Waals surface area contributed by atoms with E-state index >= 15 is 0 Å². The molecule has 0 aromatic heterocycles. The van der Waals surface area contributed by atoms with Crippen molar-refractivity contribution in [1.29, 1.82) is 0 Å². The van der Waals surface area contributed by atoms with E-state index in [2.05, 4.69) is 10.1 Å². The van der Waals surface area contributed by atoms with Gasteiger partial charge in [-0.05, 0) is 13.1 Å². The van der Waals surface area contributed by atoms with Crippen LogP contribution in [-0.4, -0.2) is 62.2 Å². The third-order valence-corrected chi connectivity index (χ3v) is 2.99. The minimum absolute atomic E-state index is 0.0537. The van der Waals surface area contributed by atoms with Gasteiger partial charge in [0, 0.05) is 26.2 Å². The molecule has 2 amide bonds. The molecule has 0 saturated carbocycles. The Labute approximate surface area is 138 Å². The zero-order chi connectivity index (χ0) is 18.3. The van der Waals surface area contributed by atoms with E-state index in [4.69, 9.17) is 0 Å². The van der Waals surface area contributed by atoms with Crippen LogP contribution in [0.25, 0.3) is 0 Å². The maximum atomic E-state index is 12.3. The summed E-state index contributed by atoms with van der Waals surface area (Å²) in [5.74, 6) is -0.929. The second kappa shape index (κ2) is 8.53. The molecule has 0 fully saturated rings. The molecule has 24 heavy (non-hydrogen) atoms. The van der Waals surface area contributed by atoms with Crippen LogP contribution in [0, 0.1) is 0 Å². The van der Waals surface area contributed by atoms with Crippen molar-refractivity contribution in [3.8, 4) is 5.75 Å². The molecule has 0 aliphatic rings. The van der Waals surface area contributed by atoms with Gasteiger partial charge in [0.15, 0.2) is 0 Å². The van der Waals surface area contributed by atoms with Crippen molar-refractivity contribution in [3.63, 3.8) is 0 Å². The quantitative estimate of drug-likeness (QED) is 0.806. The monoisotopic (exact) mass is 347 g/mol. The van der Waals surface area contributed by atoms with Crippen molar-refractivity contribution in [3.05, 3.63) is 29.8 Å². The lowest BCUT2D eigenvalue weighted by molar-refractivity contribution is -0.274. The van der Waals surface area contributed by atoms with E-state index in [1.807, 2.05) is 0 Å². The number of hydrogen-bond acceptors (Lipinski definition) is 4. The molecule has 0 aliphatic carbocycles. The number of nitrogens with zero attached hydrogens (tertiary/aromatic N) is 2. The molecule has 1 aromatic carbocycles. The second-order valence-electron chi connectivity index (χ2n) is 5.39. The third kappa shape index (κ3) is 7.32. The molecular weight excluding hydrogens is 327 g/mol. The Kier molecular flexibility index (Phi) is 7.02. The summed E-state index contributed by atoms with van der Waals surface area (Å²) in [5.41, 5.74) is 0.204. The van der Waals surface area contributed by atoms with Crippen molar-refractivity contribution in [2.75, 3.05) is 34.2 Å². The molecule has 0 radical (unpaired) electrons. The first-order valence-corrected chi connectivity index (χ1v) is 7.07. The number of hydrogen-bond donors (Lipinski definition) is 1. The number of nitrogens with one attached hydrogen (secondary N) is 1. The topological polar surface area (TPSA) is 61.9 Å². The minimum Gasteiger partial charge on any atom is -0.405 e. The molecule has 0 heterocycles. The summed E-state index contributed by atoms with van der Waals surface area (Å²) in [7, 11) is 4.81. The predicted molar refractivity (Wildman–Crippen MR) is 81.2 cm³/mol. The molecule has 0 bridgehead atoms. The van der Waals surface area contributed by atoms with Crippen LogP contribution in [0.1, 0.15) is 5.56 Å². The standard InChI is InChI=1S/C15H20F3N3O3/c1-20(2)14(23)10-21(3)9-13(22)19-8-11-6-4-5-7-12(11)24-15(16,17)18/h4-7H,8-10H2,1-3H3,(H,19,22). The minimum atomic E-state index is -4.80. The fraction of sp³-hybridized carbons (Fsp3) is 0.467. The molecular formula is C15H20F3N3O3. The largest absolute Gasteiger partial charge is 0.573 e. The number of carbonyl (C=O) groups is 2. The molecule has 9 heteroatoms. The van der Waals surface area contributed by atoms with Gasteiger partial charge in [-0.2, -0.15) is 0 Å². The Hall–Kier alpha value is -2.29. The van der Waals surface area contributed by atoms with Gasteiger partial charge in [0.05, 0.1) is 13.1 Å². The molecule has 1 aromatic rings. The fourth-order valence-corrected chi connectivity index (χ4v) is 1.80. The van der Waals surface area contributed by atoms with Gasteiger partial charge in [0.25, 0.3) is 0 Å². The van der Waals surface area contributed by atoms with Crippen LogP contribution in [0.2, 0.25) is 0 Å². The Balaban J connectivity index is 2.54. The van der Waals surface area contributed by atoms with Gasteiger partial charge in [-0.3, -0.25) is 14.5 Å². The lowest BCUT2D eigenvalue weighted by Crippen LogP contribution is -2.40. The summed E-state index contributed by atoms with van der Waals surface area (Å²) in [5, 5.41) is 2.51. The van der Waals surface area contributed by atoms with Crippen LogP contribution in [0.5, 0.6) is 5.75 Å². The van der Waals surface area contributed by atoms with E-state index < -0.39 is 12.3 Å². The van der Waals surface area contributed by atoms with Crippen LogP contribution < -0.4 is 10.1 Å². The van der Waals surface area contributed by atoms with Gasteiger partial charge >= 0.3 is 6.36 Å². The van der Waals surface area contributed by atoms with Crippen molar-refractivity contribution in [2.24, 2.45) is 0 Å². The van der Waals surface area contributed by atoms with Gasteiger partial charge in [0.2, 0.25) is 11.8 Å². The van der Waals surface area contributed by atoms with E-state index in [1.165, 1.54) is 28.0 Å². The number of likely N-dealkylation sites (N-methyl/N-ethyl adjacent to an activating group) is 2. The SMILES string of the molecule is CN(CC(=O)NCc1ccccc1OC(F)(F)F)CC(=O)N(C)C. The number of ether oxygens (including phenoxy) is 1. The summed E-state index contributed by atoms with van der Waals surface area (Å²) in [6.45, 7) is -0.101. The molecule has 0 spiro atoms. The Morgan fingerprint density at radius 2 is 1.75 bits per heavy atom. The normalized spacial score (nSPS) is 11.3. The van der Waals surface area contributed by atoms with Gasteiger partial charge in [-0.1, -0.05) is 18.2 Å². The van der Waals surface area contributed by atoms with Crippen molar-refractivity contribution in [1.82, 2.24) is 15.1 Å².